The van der Waals surface area contributed by atoms with E-state index in [9.17, 15) is 9.59 Å². The average molecular weight is 515 g/mol. The van der Waals surface area contributed by atoms with E-state index in [1.165, 1.54) is 16.2 Å². The molecule has 2 aliphatic rings. The lowest BCUT2D eigenvalue weighted by molar-refractivity contribution is -0.122. The molecule has 1 N–H and O–H groups in total. The number of thiocarbonyl (C=S) groups is 1. The Kier molecular flexibility index (Phi) is 8.62. The van der Waals surface area contributed by atoms with Crippen LogP contribution in [0.15, 0.2) is 28.0 Å². The third kappa shape index (κ3) is 5.78. The minimum Gasteiger partial charge on any atom is -0.376 e. The molecular weight excluding hydrogens is 480 g/mol. The Bertz CT molecular complexity index is 1190. The second-order valence-electron chi connectivity index (χ2n) is 9.29. The molecular formula is C26H34N4O3S2. The maximum Gasteiger partial charge on any atom is 0.267 e. The minimum absolute atomic E-state index is 0.0901. The zero-order valence-corrected chi connectivity index (χ0v) is 22.3. The summed E-state index contributed by atoms with van der Waals surface area (Å²) in [5.74, 6) is 0.754. The van der Waals surface area contributed by atoms with Crippen molar-refractivity contribution >= 4 is 51.7 Å². The van der Waals surface area contributed by atoms with Crippen molar-refractivity contribution in [1.82, 2.24) is 14.3 Å². The highest BCUT2D eigenvalue weighted by atomic mass is 32.2. The van der Waals surface area contributed by atoms with Gasteiger partial charge in [-0.1, -0.05) is 63.2 Å². The molecule has 0 aliphatic carbocycles. The molecule has 9 heteroatoms. The highest BCUT2D eigenvalue weighted by Crippen LogP contribution is 2.34. The number of rotatable bonds is 10. The monoisotopic (exact) mass is 514 g/mol. The van der Waals surface area contributed by atoms with Gasteiger partial charge in [0.25, 0.3) is 11.5 Å². The Morgan fingerprint density at radius 2 is 2.20 bits per heavy atom. The first-order chi connectivity index (χ1) is 16.9. The normalized spacial score (nSPS) is 20.4. The van der Waals surface area contributed by atoms with Gasteiger partial charge in [0.15, 0.2) is 0 Å². The lowest BCUT2D eigenvalue weighted by Crippen LogP contribution is -2.33. The van der Waals surface area contributed by atoms with Crippen LogP contribution in [0.4, 0.5) is 5.82 Å². The number of aryl methyl sites for hydroxylation is 1. The van der Waals surface area contributed by atoms with E-state index in [1.807, 2.05) is 19.1 Å². The van der Waals surface area contributed by atoms with E-state index in [2.05, 4.69) is 19.2 Å². The number of ether oxygens (including phenoxy) is 1. The number of nitrogens with zero attached hydrogens (tertiary/aromatic N) is 3. The number of hydrogen-bond acceptors (Lipinski definition) is 7. The number of unbranched alkanes of at least 4 members (excludes halogenated alkanes) is 1. The molecule has 1 amide bonds. The number of nitrogens with one attached hydrogen (secondary N) is 1. The third-order valence-electron chi connectivity index (χ3n) is 6.74. The summed E-state index contributed by atoms with van der Waals surface area (Å²) in [4.78, 5) is 33.8. The Morgan fingerprint density at radius 1 is 1.37 bits per heavy atom. The van der Waals surface area contributed by atoms with E-state index in [1.54, 1.807) is 17.2 Å². The van der Waals surface area contributed by atoms with Crippen LogP contribution in [0.25, 0.3) is 11.7 Å². The Balaban J connectivity index is 1.67. The van der Waals surface area contributed by atoms with E-state index in [-0.39, 0.29) is 17.6 Å². The average Bonchev–Trinajstić information content (AvgIpc) is 3.46. The van der Waals surface area contributed by atoms with Crippen LogP contribution in [0.1, 0.15) is 63.5 Å². The summed E-state index contributed by atoms with van der Waals surface area (Å²) in [6.45, 7) is 8.20. The molecule has 2 atom stereocenters. The number of anilines is 1. The van der Waals surface area contributed by atoms with Crippen LogP contribution in [-0.2, 0) is 9.53 Å². The maximum atomic E-state index is 13.5. The van der Waals surface area contributed by atoms with Crippen molar-refractivity contribution in [2.75, 3.05) is 25.0 Å². The van der Waals surface area contributed by atoms with Crippen molar-refractivity contribution in [3.8, 4) is 0 Å². The van der Waals surface area contributed by atoms with Crippen molar-refractivity contribution in [3.63, 3.8) is 0 Å². The summed E-state index contributed by atoms with van der Waals surface area (Å²) < 4.78 is 7.83. The van der Waals surface area contributed by atoms with Crippen LogP contribution in [-0.4, -0.2) is 50.3 Å². The summed E-state index contributed by atoms with van der Waals surface area (Å²) in [5, 5.41) is 3.33. The largest absolute Gasteiger partial charge is 0.376 e. The third-order valence-corrected chi connectivity index (χ3v) is 8.12. The Labute approximate surface area is 216 Å². The van der Waals surface area contributed by atoms with Crippen LogP contribution in [0.5, 0.6) is 0 Å². The van der Waals surface area contributed by atoms with Crippen molar-refractivity contribution < 1.29 is 9.53 Å². The lowest BCUT2D eigenvalue weighted by atomic mass is 9.99. The fourth-order valence-corrected chi connectivity index (χ4v) is 5.81. The van der Waals surface area contributed by atoms with Crippen molar-refractivity contribution in [2.24, 2.45) is 5.92 Å². The molecule has 0 radical (unpaired) electrons. The molecule has 0 spiro atoms. The number of carbonyl (C=O) groups is 1. The van der Waals surface area contributed by atoms with Crippen molar-refractivity contribution in [1.29, 1.82) is 0 Å². The fraction of sp³-hybridized carbons (Fsp3) is 0.538. The summed E-state index contributed by atoms with van der Waals surface area (Å²) in [7, 11) is 0. The predicted octanol–water partition coefficient (Wildman–Crippen LogP) is 5.01. The number of thioether (sulfide) groups is 1. The maximum absolute atomic E-state index is 13.5. The molecule has 0 saturated carbocycles. The minimum atomic E-state index is -0.215. The van der Waals surface area contributed by atoms with Crippen LogP contribution < -0.4 is 10.9 Å². The summed E-state index contributed by atoms with van der Waals surface area (Å²) in [6.07, 6.45) is 9.83. The first-order valence-corrected chi connectivity index (χ1v) is 13.8. The smallest absolute Gasteiger partial charge is 0.267 e. The first kappa shape index (κ1) is 25.9. The summed E-state index contributed by atoms with van der Waals surface area (Å²) in [5.41, 5.74) is 1.65. The molecule has 188 valence electrons. The topological polar surface area (TPSA) is 75.9 Å². The molecule has 2 aromatic rings. The van der Waals surface area contributed by atoms with Crippen molar-refractivity contribution in [2.45, 2.75) is 65.4 Å². The molecule has 7 nitrogen and oxygen atoms in total. The SMILES string of the molecule is CCCCC(CC)CN1C(=O)/C(=C\c2c(NCC3CCCO3)nc3c(C)cccn3c2=O)SC1=S. The van der Waals surface area contributed by atoms with E-state index >= 15 is 0 Å². The van der Waals surface area contributed by atoms with Gasteiger partial charge in [0.05, 0.1) is 16.6 Å². The second kappa shape index (κ2) is 11.7. The zero-order chi connectivity index (χ0) is 24.9. The van der Waals surface area contributed by atoms with E-state index < -0.39 is 0 Å². The van der Waals surface area contributed by atoms with E-state index in [4.69, 9.17) is 21.9 Å². The van der Waals surface area contributed by atoms with Gasteiger partial charge in [0.1, 0.15) is 15.8 Å². The van der Waals surface area contributed by atoms with Gasteiger partial charge in [-0.3, -0.25) is 18.9 Å². The molecule has 4 rings (SSSR count). The molecule has 0 aromatic carbocycles. The lowest BCUT2D eigenvalue weighted by Gasteiger charge is -2.21. The summed E-state index contributed by atoms with van der Waals surface area (Å²) >= 11 is 6.83. The van der Waals surface area contributed by atoms with Gasteiger partial charge in [0.2, 0.25) is 0 Å². The van der Waals surface area contributed by atoms with Gasteiger partial charge < -0.3 is 10.1 Å². The van der Waals surface area contributed by atoms with Crippen LogP contribution in [0.2, 0.25) is 0 Å². The molecule has 2 unspecified atom stereocenters. The molecule has 2 aromatic heterocycles. The predicted molar refractivity (Wildman–Crippen MR) is 147 cm³/mol. The van der Waals surface area contributed by atoms with E-state index in [0.29, 0.717) is 45.3 Å². The van der Waals surface area contributed by atoms with Crippen LogP contribution >= 0.6 is 24.0 Å². The highest BCUT2D eigenvalue weighted by Gasteiger charge is 2.34. The first-order valence-electron chi connectivity index (χ1n) is 12.6. The number of hydrogen-bond donors (Lipinski definition) is 1. The summed E-state index contributed by atoms with van der Waals surface area (Å²) in [6, 6.07) is 3.76. The van der Waals surface area contributed by atoms with E-state index in [0.717, 1.165) is 50.7 Å². The fourth-order valence-electron chi connectivity index (χ4n) is 4.56. The molecule has 2 aliphatic heterocycles. The van der Waals surface area contributed by atoms with Gasteiger partial charge >= 0.3 is 0 Å². The van der Waals surface area contributed by atoms with Crippen LogP contribution in [0.3, 0.4) is 0 Å². The molecule has 2 fully saturated rings. The number of carbonyl (C=O) groups excluding carboxylic acids is 1. The number of pyridine rings is 1. The number of amides is 1. The zero-order valence-electron chi connectivity index (χ0n) is 20.7. The quantitative estimate of drug-likeness (QED) is 0.353. The Hall–Kier alpha value is -2.23. The van der Waals surface area contributed by atoms with Gasteiger partial charge in [-0.15, -0.1) is 0 Å². The molecule has 4 heterocycles. The standard InChI is InChI=1S/C26H34N4O3S2/c1-4-6-10-18(5-2)16-30-25(32)21(35-26(30)34)14-20-22(27-15-19-11-8-13-33-19)28-23-17(3)9-7-12-29(23)24(20)31/h7,9,12,14,18-19,27H,4-6,8,10-11,13,15-16H2,1-3H3/b21-14+. The molecule has 2 saturated heterocycles. The van der Waals surface area contributed by atoms with Crippen LogP contribution in [0, 0.1) is 12.8 Å². The van der Waals surface area contributed by atoms with Gasteiger partial charge in [-0.25, -0.2) is 4.98 Å². The van der Waals surface area contributed by atoms with Gasteiger partial charge in [0, 0.05) is 25.9 Å². The second-order valence-corrected chi connectivity index (χ2v) is 11.0. The van der Waals surface area contributed by atoms with Gasteiger partial charge in [-0.2, -0.15) is 0 Å². The van der Waals surface area contributed by atoms with Crippen molar-refractivity contribution in [3.05, 3.63) is 44.7 Å². The van der Waals surface area contributed by atoms with Gasteiger partial charge in [-0.05, 0) is 49.8 Å². The number of aromatic nitrogens is 2. The Morgan fingerprint density at radius 3 is 2.91 bits per heavy atom. The molecule has 0 bridgehead atoms. The number of fused-ring (bicyclic) bond motifs is 1. The molecule has 35 heavy (non-hydrogen) atoms. The highest BCUT2D eigenvalue weighted by molar-refractivity contribution is 8.26.